The molecule has 1 atom stereocenters. The lowest BCUT2D eigenvalue weighted by Crippen LogP contribution is -2.52. The minimum Gasteiger partial charge on any atom is -0.480 e. The molecular formula is C14H12Cl2N2O4. The molecule has 1 aromatic heterocycles. The summed E-state index contributed by atoms with van der Waals surface area (Å²) in [4.78, 5) is 28.1. The molecule has 0 unspecified atom stereocenters. The summed E-state index contributed by atoms with van der Waals surface area (Å²) in [6.07, 6.45) is 0. The minimum absolute atomic E-state index is 0.0370. The highest BCUT2D eigenvalue weighted by molar-refractivity contribution is 6.39. The quantitative estimate of drug-likeness (QED) is 0.877. The number of morpholine rings is 1. The Labute approximate surface area is 135 Å². The van der Waals surface area contributed by atoms with Gasteiger partial charge < -0.3 is 19.7 Å². The molecule has 2 N–H and O–H groups in total. The third kappa shape index (κ3) is 2.54. The molecular weight excluding hydrogens is 331 g/mol. The zero-order chi connectivity index (χ0) is 15.9. The van der Waals surface area contributed by atoms with Gasteiger partial charge in [-0.05, 0) is 18.2 Å². The van der Waals surface area contributed by atoms with E-state index in [1.807, 2.05) is 0 Å². The van der Waals surface area contributed by atoms with Gasteiger partial charge in [0.25, 0.3) is 5.91 Å². The maximum Gasteiger partial charge on any atom is 0.328 e. The first-order valence-corrected chi connectivity index (χ1v) is 7.33. The summed E-state index contributed by atoms with van der Waals surface area (Å²) in [5.41, 5.74) is 0.824. The fourth-order valence-corrected chi connectivity index (χ4v) is 2.93. The number of carboxylic acid groups (broad SMARTS) is 1. The van der Waals surface area contributed by atoms with E-state index in [0.717, 1.165) is 0 Å². The molecule has 8 heteroatoms. The van der Waals surface area contributed by atoms with E-state index in [4.69, 9.17) is 27.9 Å². The fraction of sp³-hybridized carbons (Fsp3) is 0.286. The molecule has 2 heterocycles. The van der Waals surface area contributed by atoms with Crippen molar-refractivity contribution in [1.82, 2.24) is 9.88 Å². The number of nitrogens with one attached hydrogen (secondary N) is 1. The Morgan fingerprint density at radius 3 is 2.86 bits per heavy atom. The van der Waals surface area contributed by atoms with Gasteiger partial charge in [-0.25, -0.2) is 4.79 Å². The standard InChI is InChI=1S/C14H12Cl2N2O4/c15-7-1-2-9-8(5-7)11(16)12(17-9)13(19)18-3-4-22-6-10(18)14(20)21/h1-2,5,10,17H,3-4,6H2,(H,20,21)/t10-/m0/s1. The van der Waals surface area contributed by atoms with Crippen LogP contribution in [0, 0.1) is 0 Å². The maximum absolute atomic E-state index is 12.6. The molecule has 1 aliphatic rings. The largest absolute Gasteiger partial charge is 0.480 e. The van der Waals surface area contributed by atoms with E-state index >= 15 is 0 Å². The van der Waals surface area contributed by atoms with Crippen LogP contribution < -0.4 is 0 Å². The minimum atomic E-state index is -1.11. The van der Waals surface area contributed by atoms with Crippen LogP contribution in [-0.2, 0) is 9.53 Å². The molecule has 3 rings (SSSR count). The van der Waals surface area contributed by atoms with Crippen LogP contribution in [0.3, 0.4) is 0 Å². The van der Waals surface area contributed by atoms with Gasteiger partial charge in [-0.3, -0.25) is 4.79 Å². The number of carbonyl (C=O) groups excluding carboxylic acids is 1. The van der Waals surface area contributed by atoms with E-state index in [-0.39, 0.29) is 23.9 Å². The van der Waals surface area contributed by atoms with E-state index in [9.17, 15) is 14.7 Å². The summed E-state index contributed by atoms with van der Waals surface area (Å²) >= 11 is 12.2. The maximum atomic E-state index is 12.6. The summed E-state index contributed by atoms with van der Waals surface area (Å²) in [6.45, 7) is 0.451. The number of carboxylic acids is 1. The van der Waals surface area contributed by atoms with Crippen molar-refractivity contribution >= 4 is 46.0 Å². The smallest absolute Gasteiger partial charge is 0.328 e. The lowest BCUT2D eigenvalue weighted by atomic mass is 10.2. The van der Waals surface area contributed by atoms with Crippen molar-refractivity contribution in [3.63, 3.8) is 0 Å². The van der Waals surface area contributed by atoms with E-state index in [1.165, 1.54) is 4.90 Å². The van der Waals surface area contributed by atoms with Crippen LogP contribution in [0.25, 0.3) is 10.9 Å². The highest BCUT2D eigenvalue weighted by Gasteiger charge is 2.35. The molecule has 1 aliphatic heterocycles. The van der Waals surface area contributed by atoms with Crippen molar-refractivity contribution < 1.29 is 19.4 Å². The van der Waals surface area contributed by atoms with Crippen LogP contribution in [0.4, 0.5) is 0 Å². The zero-order valence-electron chi connectivity index (χ0n) is 11.3. The topological polar surface area (TPSA) is 82.6 Å². The van der Waals surface area contributed by atoms with Crippen molar-refractivity contribution in [3.8, 4) is 0 Å². The van der Waals surface area contributed by atoms with Crippen LogP contribution in [0.15, 0.2) is 18.2 Å². The molecule has 116 valence electrons. The molecule has 1 fully saturated rings. The summed E-state index contributed by atoms with van der Waals surface area (Å²) in [5, 5.41) is 10.6. The van der Waals surface area contributed by atoms with E-state index in [0.29, 0.717) is 22.5 Å². The molecule has 0 spiro atoms. The Kier molecular flexibility index (Phi) is 3.99. The number of nitrogens with zero attached hydrogens (tertiary/aromatic N) is 1. The van der Waals surface area contributed by atoms with Gasteiger partial charge in [0.1, 0.15) is 5.69 Å². The normalized spacial score (nSPS) is 18.6. The van der Waals surface area contributed by atoms with Gasteiger partial charge in [0.2, 0.25) is 0 Å². The van der Waals surface area contributed by atoms with E-state index in [2.05, 4.69) is 4.98 Å². The Morgan fingerprint density at radius 1 is 1.36 bits per heavy atom. The molecule has 1 saturated heterocycles. The number of amides is 1. The van der Waals surface area contributed by atoms with Crippen molar-refractivity contribution in [3.05, 3.63) is 33.9 Å². The number of aromatic amines is 1. The van der Waals surface area contributed by atoms with Gasteiger partial charge in [0.15, 0.2) is 6.04 Å². The SMILES string of the molecule is O=C(O)[C@@H]1COCCN1C(=O)c1[nH]c2ccc(Cl)cc2c1Cl. The van der Waals surface area contributed by atoms with Gasteiger partial charge in [-0.2, -0.15) is 0 Å². The molecule has 1 aromatic carbocycles. The average molecular weight is 343 g/mol. The zero-order valence-corrected chi connectivity index (χ0v) is 12.8. The van der Waals surface area contributed by atoms with Crippen molar-refractivity contribution in [2.75, 3.05) is 19.8 Å². The number of aliphatic carboxylic acids is 1. The monoisotopic (exact) mass is 342 g/mol. The fourth-order valence-electron chi connectivity index (χ4n) is 2.47. The Morgan fingerprint density at radius 2 is 2.14 bits per heavy atom. The molecule has 0 bridgehead atoms. The molecule has 0 aliphatic carbocycles. The molecule has 2 aromatic rings. The lowest BCUT2D eigenvalue weighted by molar-refractivity contribution is -0.147. The van der Waals surface area contributed by atoms with Gasteiger partial charge >= 0.3 is 5.97 Å². The number of hydrogen-bond acceptors (Lipinski definition) is 3. The number of benzene rings is 1. The second-order valence-corrected chi connectivity index (χ2v) is 5.75. The van der Waals surface area contributed by atoms with Crippen LogP contribution in [0.5, 0.6) is 0 Å². The predicted molar refractivity (Wildman–Crippen MR) is 81.6 cm³/mol. The molecule has 6 nitrogen and oxygen atoms in total. The van der Waals surface area contributed by atoms with Crippen LogP contribution >= 0.6 is 23.2 Å². The summed E-state index contributed by atoms with van der Waals surface area (Å²) in [7, 11) is 0. The van der Waals surface area contributed by atoms with E-state index in [1.54, 1.807) is 18.2 Å². The second kappa shape index (κ2) is 5.79. The third-order valence-corrected chi connectivity index (χ3v) is 4.21. The predicted octanol–water partition coefficient (Wildman–Crippen LogP) is 2.40. The Bertz CT molecular complexity index is 759. The average Bonchev–Trinajstić information content (AvgIpc) is 2.83. The number of ether oxygens (including phenoxy) is 1. The highest BCUT2D eigenvalue weighted by atomic mass is 35.5. The summed E-state index contributed by atoms with van der Waals surface area (Å²) < 4.78 is 5.13. The van der Waals surface area contributed by atoms with Gasteiger partial charge in [-0.1, -0.05) is 23.2 Å². The van der Waals surface area contributed by atoms with Crippen molar-refractivity contribution in [2.45, 2.75) is 6.04 Å². The number of hydrogen-bond donors (Lipinski definition) is 2. The van der Waals surface area contributed by atoms with Crippen LogP contribution in [0.2, 0.25) is 10.0 Å². The molecule has 22 heavy (non-hydrogen) atoms. The highest BCUT2D eigenvalue weighted by Crippen LogP contribution is 2.31. The summed E-state index contributed by atoms with van der Waals surface area (Å²) in [6, 6.07) is 4.03. The first kappa shape index (κ1) is 15.1. The van der Waals surface area contributed by atoms with Crippen LogP contribution in [0.1, 0.15) is 10.5 Å². The number of rotatable bonds is 2. The van der Waals surface area contributed by atoms with Crippen molar-refractivity contribution in [1.29, 1.82) is 0 Å². The Balaban J connectivity index is 2.01. The molecule has 0 saturated carbocycles. The van der Waals surface area contributed by atoms with Gasteiger partial charge in [-0.15, -0.1) is 0 Å². The van der Waals surface area contributed by atoms with E-state index < -0.39 is 17.9 Å². The van der Waals surface area contributed by atoms with Crippen molar-refractivity contribution in [2.24, 2.45) is 0 Å². The number of fused-ring (bicyclic) bond motifs is 1. The number of halogens is 2. The Hall–Kier alpha value is -1.76. The number of carbonyl (C=O) groups is 2. The van der Waals surface area contributed by atoms with Gasteiger partial charge in [0.05, 0.1) is 18.2 Å². The van der Waals surface area contributed by atoms with Crippen LogP contribution in [-0.4, -0.2) is 52.7 Å². The first-order chi connectivity index (χ1) is 10.5. The van der Waals surface area contributed by atoms with Gasteiger partial charge in [0, 0.05) is 22.5 Å². The second-order valence-electron chi connectivity index (χ2n) is 4.93. The summed E-state index contributed by atoms with van der Waals surface area (Å²) in [5.74, 6) is -1.57. The molecule has 1 amide bonds. The number of aromatic nitrogens is 1. The lowest BCUT2D eigenvalue weighted by Gasteiger charge is -2.32. The number of H-pyrrole nitrogens is 1. The molecule has 0 radical (unpaired) electrons. The third-order valence-electron chi connectivity index (χ3n) is 3.59. The first-order valence-electron chi connectivity index (χ1n) is 6.57.